The summed E-state index contributed by atoms with van der Waals surface area (Å²) in [4.78, 5) is 13.1. The summed E-state index contributed by atoms with van der Waals surface area (Å²) in [6.45, 7) is 8.24. The highest BCUT2D eigenvalue weighted by Gasteiger charge is 2.55. The van der Waals surface area contributed by atoms with Crippen LogP contribution in [0.4, 0.5) is 0 Å². The van der Waals surface area contributed by atoms with Crippen LogP contribution < -0.4 is 0 Å². The Morgan fingerprint density at radius 2 is 0.937 bits per heavy atom. The Bertz CT molecular complexity index is 3140. The van der Waals surface area contributed by atoms with E-state index in [1.165, 1.54) is 76.5 Å². The van der Waals surface area contributed by atoms with Crippen molar-refractivity contribution in [2.24, 2.45) is 9.98 Å². The van der Waals surface area contributed by atoms with Crippen LogP contribution in [0.5, 0.6) is 0 Å². The molecule has 2 aliphatic rings. The predicted octanol–water partition coefficient (Wildman–Crippen LogP) is 16.1. The standard InChI is InChI=1S/C58H42N2S.C2H6/c1-38(40-21-7-3-8-22-40)59-57(43-27-13-6-14-28-43)60-39(2)44-29-19-30-45(37-44)46-33-20-36-51-52(46)47-31-15-17-34-49(47)58(51)50-35-18-16-32-48(50)53-54(58)56(42-25-11-5-12-26-42)61-55(53)41-23-9-4-10-24-41;1-2/h3-37,39H,1-2H3;1-2H3. The monoisotopic (exact) mass is 828 g/mol. The molecular formula is C60H48N2S. The van der Waals surface area contributed by atoms with E-state index in [1.807, 2.05) is 37.3 Å². The average molecular weight is 829 g/mol. The Hall–Kier alpha value is -7.20. The molecule has 0 bridgehead atoms. The third-order valence-corrected chi connectivity index (χ3v) is 13.8. The summed E-state index contributed by atoms with van der Waals surface area (Å²) in [5.74, 6) is 0.729. The van der Waals surface area contributed by atoms with Gasteiger partial charge in [-0.15, -0.1) is 11.3 Å². The molecule has 11 rings (SSSR count). The Morgan fingerprint density at radius 1 is 0.460 bits per heavy atom. The van der Waals surface area contributed by atoms with Crippen LogP contribution in [0, 0.1) is 0 Å². The second-order valence-electron chi connectivity index (χ2n) is 16.0. The maximum atomic E-state index is 5.33. The number of fused-ring (bicyclic) bond motifs is 10. The van der Waals surface area contributed by atoms with E-state index in [-0.39, 0.29) is 6.04 Å². The molecule has 2 aliphatic carbocycles. The van der Waals surface area contributed by atoms with E-state index in [1.54, 1.807) is 0 Å². The number of rotatable bonds is 7. The topological polar surface area (TPSA) is 24.7 Å². The Morgan fingerprint density at radius 3 is 1.57 bits per heavy atom. The second kappa shape index (κ2) is 16.9. The zero-order valence-electron chi connectivity index (χ0n) is 36.1. The molecule has 2 atom stereocenters. The van der Waals surface area contributed by atoms with Gasteiger partial charge >= 0.3 is 0 Å². The first-order valence-electron chi connectivity index (χ1n) is 22.1. The van der Waals surface area contributed by atoms with Crippen molar-refractivity contribution >= 4 is 22.9 Å². The number of benzene rings is 8. The second-order valence-corrected chi connectivity index (χ2v) is 17.0. The van der Waals surface area contributed by atoms with Crippen molar-refractivity contribution < 1.29 is 0 Å². The van der Waals surface area contributed by atoms with Crippen molar-refractivity contribution in [2.75, 3.05) is 0 Å². The Labute approximate surface area is 375 Å². The molecule has 3 heteroatoms. The van der Waals surface area contributed by atoms with Gasteiger partial charge in [-0.2, -0.15) is 0 Å². The molecule has 0 saturated heterocycles. The SMILES string of the molecule is CC.CC(=NC(=NC(C)c1cccc(-c2cccc3c2-c2ccccc2C32c3ccccc3-c3c(-c4ccccc4)sc(-c4ccccc4)c32)c1)c1ccccc1)c1ccccc1. The van der Waals surface area contributed by atoms with Gasteiger partial charge < -0.3 is 0 Å². The quantitative estimate of drug-likeness (QED) is 0.113. The van der Waals surface area contributed by atoms with E-state index in [0.717, 1.165) is 28.2 Å². The summed E-state index contributed by atoms with van der Waals surface area (Å²) in [6.07, 6.45) is 0. The van der Waals surface area contributed by atoms with Crippen molar-refractivity contribution in [3.63, 3.8) is 0 Å². The maximum absolute atomic E-state index is 5.33. The minimum absolute atomic E-state index is 0.141. The highest BCUT2D eigenvalue weighted by molar-refractivity contribution is 7.19. The van der Waals surface area contributed by atoms with Crippen LogP contribution in [-0.2, 0) is 5.41 Å². The third-order valence-electron chi connectivity index (χ3n) is 12.5. The van der Waals surface area contributed by atoms with Crippen LogP contribution in [0.3, 0.4) is 0 Å². The van der Waals surface area contributed by atoms with Gasteiger partial charge in [0.15, 0.2) is 5.84 Å². The third kappa shape index (κ3) is 6.72. The summed E-state index contributed by atoms with van der Waals surface area (Å²) >= 11 is 1.93. The predicted molar refractivity (Wildman–Crippen MR) is 268 cm³/mol. The van der Waals surface area contributed by atoms with Crippen LogP contribution in [0.2, 0.25) is 0 Å². The molecule has 9 aromatic rings. The molecule has 0 saturated carbocycles. The lowest BCUT2D eigenvalue weighted by Gasteiger charge is -2.31. The van der Waals surface area contributed by atoms with Gasteiger partial charge in [0, 0.05) is 26.6 Å². The lowest BCUT2D eigenvalue weighted by atomic mass is 9.70. The van der Waals surface area contributed by atoms with Gasteiger partial charge in [-0.1, -0.05) is 220 Å². The minimum Gasteiger partial charge on any atom is -0.258 e. The molecular weight excluding hydrogens is 781 g/mol. The summed E-state index contributed by atoms with van der Waals surface area (Å²) in [7, 11) is 0. The summed E-state index contributed by atoms with van der Waals surface area (Å²) in [6, 6.07) is 76.8. The zero-order chi connectivity index (χ0) is 42.9. The summed E-state index contributed by atoms with van der Waals surface area (Å²) < 4.78 is 0. The summed E-state index contributed by atoms with van der Waals surface area (Å²) in [5, 5.41) is 0. The van der Waals surface area contributed by atoms with E-state index in [9.17, 15) is 0 Å². The van der Waals surface area contributed by atoms with E-state index in [2.05, 4.69) is 214 Å². The molecule has 0 aliphatic heterocycles. The number of thiophene rings is 1. The molecule has 304 valence electrons. The molecule has 1 heterocycles. The van der Waals surface area contributed by atoms with Crippen molar-refractivity contribution in [1.29, 1.82) is 0 Å². The highest BCUT2D eigenvalue weighted by atomic mass is 32.1. The van der Waals surface area contributed by atoms with Gasteiger partial charge in [-0.3, -0.25) is 4.99 Å². The molecule has 1 spiro atoms. The molecule has 2 unspecified atom stereocenters. The van der Waals surface area contributed by atoms with Gasteiger partial charge in [0.05, 0.1) is 11.5 Å². The molecule has 8 aromatic carbocycles. The largest absolute Gasteiger partial charge is 0.258 e. The van der Waals surface area contributed by atoms with Crippen molar-refractivity contribution in [3.8, 4) is 54.3 Å². The van der Waals surface area contributed by atoms with Crippen LogP contribution in [0.1, 0.15) is 72.7 Å². The molecule has 63 heavy (non-hydrogen) atoms. The van der Waals surface area contributed by atoms with Crippen molar-refractivity contribution in [2.45, 2.75) is 39.2 Å². The first-order chi connectivity index (χ1) is 31.1. The first kappa shape index (κ1) is 39.9. The fourth-order valence-electron chi connectivity index (χ4n) is 9.80. The number of amidine groups is 1. The minimum atomic E-state index is -0.503. The maximum Gasteiger partial charge on any atom is 0.155 e. The van der Waals surface area contributed by atoms with E-state index < -0.39 is 5.41 Å². The van der Waals surface area contributed by atoms with Gasteiger partial charge in [0.1, 0.15) is 0 Å². The fraction of sp³-hybridized carbons (Fsp3) is 0.100. The lowest BCUT2D eigenvalue weighted by molar-refractivity contribution is 0.799. The highest BCUT2D eigenvalue weighted by Crippen LogP contribution is 2.68. The number of nitrogens with zero attached hydrogens (tertiary/aromatic N) is 2. The van der Waals surface area contributed by atoms with Crippen LogP contribution in [0.25, 0.3) is 54.3 Å². The van der Waals surface area contributed by atoms with Gasteiger partial charge in [0.2, 0.25) is 0 Å². The van der Waals surface area contributed by atoms with E-state index in [4.69, 9.17) is 9.98 Å². The van der Waals surface area contributed by atoms with Gasteiger partial charge in [0.25, 0.3) is 0 Å². The van der Waals surface area contributed by atoms with Crippen molar-refractivity contribution in [3.05, 3.63) is 251 Å². The Kier molecular flexibility index (Phi) is 10.7. The lowest BCUT2D eigenvalue weighted by Crippen LogP contribution is -2.26. The summed E-state index contributed by atoms with van der Waals surface area (Å²) in [5.41, 5.74) is 19.2. The first-order valence-corrected chi connectivity index (χ1v) is 22.9. The van der Waals surface area contributed by atoms with Crippen molar-refractivity contribution in [1.82, 2.24) is 0 Å². The molecule has 0 radical (unpaired) electrons. The number of hydrogen-bond acceptors (Lipinski definition) is 2. The van der Waals surface area contributed by atoms with E-state index >= 15 is 0 Å². The van der Waals surface area contributed by atoms with Crippen LogP contribution in [-0.4, -0.2) is 11.5 Å². The average Bonchev–Trinajstić information content (AvgIpc) is 4.00. The fourth-order valence-corrected chi connectivity index (χ4v) is 11.2. The van der Waals surface area contributed by atoms with Crippen LogP contribution in [0.15, 0.2) is 222 Å². The van der Waals surface area contributed by atoms with Gasteiger partial charge in [-0.05, 0) is 92.2 Å². The molecule has 2 nitrogen and oxygen atoms in total. The molecule has 1 aromatic heterocycles. The molecule has 0 fully saturated rings. The molecule has 0 N–H and O–H groups in total. The van der Waals surface area contributed by atoms with Crippen LogP contribution >= 0.6 is 11.3 Å². The normalized spacial score (nSPS) is 15.2. The number of hydrogen-bond donors (Lipinski definition) is 0. The Balaban J connectivity index is 0.00000232. The zero-order valence-corrected chi connectivity index (χ0v) is 36.9. The molecule has 0 amide bonds. The van der Waals surface area contributed by atoms with Gasteiger partial charge in [-0.25, -0.2) is 4.99 Å². The smallest absolute Gasteiger partial charge is 0.155 e. The number of aliphatic imine (C=N–C) groups is 2. The van der Waals surface area contributed by atoms with E-state index in [0.29, 0.717) is 0 Å².